The smallest absolute Gasteiger partial charge is 0.273 e. The van der Waals surface area contributed by atoms with Crippen LogP contribution in [0.2, 0.25) is 0 Å². The van der Waals surface area contributed by atoms with E-state index in [1.54, 1.807) is 6.07 Å². The van der Waals surface area contributed by atoms with Crippen LogP contribution in [0.1, 0.15) is 35.0 Å². The summed E-state index contributed by atoms with van der Waals surface area (Å²) in [6.07, 6.45) is 2.89. The van der Waals surface area contributed by atoms with Crippen LogP contribution in [-0.2, 0) is 6.54 Å². The molecule has 0 saturated carbocycles. The second kappa shape index (κ2) is 11.0. The molecule has 1 N–H and O–H groups in total. The first-order chi connectivity index (χ1) is 18.1. The van der Waals surface area contributed by atoms with Gasteiger partial charge in [0.2, 0.25) is 0 Å². The molecule has 0 bridgehead atoms. The van der Waals surface area contributed by atoms with Gasteiger partial charge in [0.1, 0.15) is 5.75 Å². The molecule has 186 valence electrons. The summed E-state index contributed by atoms with van der Waals surface area (Å²) in [5.41, 5.74) is 5.78. The summed E-state index contributed by atoms with van der Waals surface area (Å²) in [5, 5.41) is 11.8. The monoisotopic (exact) mass is 492 g/mol. The van der Waals surface area contributed by atoms with Crippen LogP contribution in [0.5, 0.6) is 5.75 Å². The Kier molecular flexibility index (Phi) is 7.12. The van der Waals surface area contributed by atoms with Crippen molar-refractivity contribution in [1.82, 2.24) is 20.3 Å². The van der Waals surface area contributed by atoms with Gasteiger partial charge in [-0.15, -0.1) is 0 Å². The maximum Gasteiger partial charge on any atom is 0.273 e. The molecule has 0 aliphatic heterocycles. The van der Waals surface area contributed by atoms with Crippen LogP contribution in [-0.4, -0.2) is 27.5 Å². The van der Waals surface area contributed by atoms with E-state index in [0.717, 1.165) is 45.8 Å². The molecule has 7 heteroatoms. The number of amides is 1. The molecule has 5 rings (SSSR count). The number of nitrogens with zero attached hydrogens (tertiary/aromatic N) is 3. The minimum Gasteiger partial charge on any atom is -0.494 e. The largest absolute Gasteiger partial charge is 0.494 e. The number of benzene rings is 3. The molecular weight excluding hydrogens is 464 g/mol. The lowest BCUT2D eigenvalue weighted by Gasteiger charge is -2.07. The Morgan fingerprint density at radius 1 is 0.973 bits per heavy atom. The third-order valence-corrected chi connectivity index (χ3v) is 5.93. The molecule has 37 heavy (non-hydrogen) atoms. The van der Waals surface area contributed by atoms with Crippen molar-refractivity contribution < 1.29 is 14.1 Å². The molecule has 0 fully saturated rings. The summed E-state index contributed by atoms with van der Waals surface area (Å²) in [6.45, 7) is 5.05. The molecule has 0 spiro atoms. The van der Waals surface area contributed by atoms with Crippen molar-refractivity contribution in [3.63, 3.8) is 0 Å². The number of para-hydroxylation sites is 1. The van der Waals surface area contributed by atoms with E-state index in [0.29, 0.717) is 12.4 Å². The molecule has 0 aliphatic carbocycles. The van der Waals surface area contributed by atoms with E-state index >= 15 is 0 Å². The Bertz CT molecular complexity index is 1470. The van der Waals surface area contributed by atoms with E-state index in [1.807, 2.05) is 96.7 Å². The summed E-state index contributed by atoms with van der Waals surface area (Å²) in [7, 11) is 0. The summed E-state index contributed by atoms with van der Waals surface area (Å²) >= 11 is 0. The number of aromatic nitrogens is 3. The topological polar surface area (TPSA) is 82.2 Å². The Labute approximate surface area is 215 Å². The highest BCUT2D eigenvalue weighted by Gasteiger charge is 2.17. The Hall–Kier alpha value is -4.65. The molecule has 0 radical (unpaired) electrons. The Balaban J connectivity index is 1.37. The second-order valence-electron chi connectivity index (χ2n) is 8.78. The lowest BCUT2D eigenvalue weighted by Crippen LogP contribution is -2.23. The van der Waals surface area contributed by atoms with Crippen molar-refractivity contribution in [2.24, 2.45) is 0 Å². The van der Waals surface area contributed by atoms with Gasteiger partial charge in [0, 0.05) is 35.5 Å². The lowest BCUT2D eigenvalue weighted by atomic mass is 10.1. The predicted octanol–water partition coefficient (Wildman–Crippen LogP) is 6.22. The predicted molar refractivity (Wildman–Crippen MR) is 143 cm³/mol. The number of nitrogens with one attached hydrogen (secondary N) is 1. The van der Waals surface area contributed by atoms with Gasteiger partial charge in [-0.1, -0.05) is 60.1 Å². The van der Waals surface area contributed by atoms with E-state index in [2.05, 4.69) is 17.4 Å². The van der Waals surface area contributed by atoms with Crippen LogP contribution in [0.3, 0.4) is 0 Å². The van der Waals surface area contributed by atoms with Gasteiger partial charge in [0.05, 0.1) is 18.0 Å². The zero-order valence-corrected chi connectivity index (χ0v) is 20.8. The fraction of sp³-hybridized carbons (Fsp3) is 0.167. The molecule has 1 amide bonds. The lowest BCUT2D eigenvalue weighted by molar-refractivity contribution is 0.0942. The van der Waals surface area contributed by atoms with Gasteiger partial charge in [-0.05, 0) is 49.7 Å². The number of carbonyl (C=O) groups excluding carboxylic acids is 1. The molecule has 0 saturated heterocycles. The number of hydrogen-bond acceptors (Lipinski definition) is 5. The van der Waals surface area contributed by atoms with Gasteiger partial charge in [-0.3, -0.25) is 4.79 Å². The molecular formula is C30H28N4O3. The summed E-state index contributed by atoms with van der Waals surface area (Å²) < 4.78 is 13.0. The van der Waals surface area contributed by atoms with Crippen LogP contribution in [0.15, 0.2) is 95.6 Å². The molecule has 5 aromatic rings. The summed E-state index contributed by atoms with van der Waals surface area (Å²) in [6, 6.07) is 27.3. The first-order valence-electron chi connectivity index (χ1n) is 12.3. The van der Waals surface area contributed by atoms with Gasteiger partial charge in [-0.2, -0.15) is 5.10 Å². The third kappa shape index (κ3) is 5.62. The average molecular weight is 493 g/mol. The third-order valence-electron chi connectivity index (χ3n) is 5.93. The Morgan fingerprint density at radius 3 is 2.43 bits per heavy atom. The van der Waals surface area contributed by atoms with Crippen LogP contribution in [0, 0.1) is 6.92 Å². The average Bonchev–Trinajstić information content (AvgIpc) is 3.60. The number of hydrogen-bond donors (Lipinski definition) is 1. The van der Waals surface area contributed by atoms with Crippen molar-refractivity contribution in [3.05, 3.63) is 108 Å². The van der Waals surface area contributed by atoms with Gasteiger partial charge in [0.15, 0.2) is 11.5 Å². The van der Waals surface area contributed by atoms with E-state index in [4.69, 9.17) is 14.4 Å². The van der Waals surface area contributed by atoms with Crippen molar-refractivity contribution >= 4 is 5.91 Å². The van der Waals surface area contributed by atoms with E-state index in [-0.39, 0.29) is 18.1 Å². The molecule has 7 nitrogen and oxygen atoms in total. The highest BCUT2D eigenvalue weighted by atomic mass is 16.5. The zero-order chi connectivity index (χ0) is 25.6. The minimum atomic E-state index is -0.316. The zero-order valence-electron chi connectivity index (χ0n) is 20.8. The Morgan fingerprint density at radius 2 is 1.70 bits per heavy atom. The van der Waals surface area contributed by atoms with Crippen LogP contribution in [0.4, 0.5) is 0 Å². The number of rotatable bonds is 9. The highest BCUT2D eigenvalue weighted by Crippen LogP contribution is 2.26. The normalized spacial score (nSPS) is 10.9. The van der Waals surface area contributed by atoms with Crippen LogP contribution >= 0.6 is 0 Å². The van der Waals surface area contributed by atoms with Crippen molar-refractivity contribution in [2.75, 3.05) is 6.61 Å². The van der Waals surface area contributed by atoms with Crippen LogP contribution < -0.4 is 10.1 Å². The molecule has 3 aromatic carbocycles. The SMILES string of the molecule is CCCOc1ccc(-c2nn(-c3ccccc3)cc2CNC(=O)c2cc(-c3ccc(C)cc3)on2)cc1. The van der Waals surface area contributed by atoms with Gasteiger partial charge >= 0.3 is 0 Å². The van der Waals surface area contributed by atoms with Crippen molar-refractivity contribution in [2.45, 2.75) is 26.8 Å². The minimum absolute atomic E-state index is 0.227. The van der Waals surface area contributed by atoms with E-state index in [1.165, 1.54) is 0 Å². The van der Waals surface area contributed by atoms with Crippen molar-refractivity contribution in [1.29, 1.82) is 0 Å². The molecule has 2 aromatic heterocycles. The van der Waals surface area contributed by atoms with E-state index in [9.17, 15) is 4.79 Å². The fourth-order valence-electron chi connectivity index (χ4n) is 3.93. The molecule has 0 aliphatic rings. The maximum atomic E-state index is 12.9. The van der Waals surface area contributed by atoms with Gasteiger partial charge < -0.3 is 14.6 Å². The molecule has 2 heterocycles. The maximum absolute atomic E-state index is 12.9. The molecule has 0 atom stereocenters. The first kappa shape index (κ1) is 24.1. The van der Waals surface area contributed by atoms with E-state index < -0.39 is 0 Å². The number of ether oxygens (including phenoxy) is 1. The standard InChI is InChI=1S/C30H28N4O3/c1-3-17-36-26-15-13-23(14-16-26)29-24(20-34(32-29)25-7-5-4-6-8-25)19-31-30(35)27-18-28(37-33-27)22-11-9-21(2)10-12-22/h4-16,18,20H,3,17,19H2,1-2H3,(H,31,35). The highest BCUT2D eigenvalue weighted by molar-refractivity contribution is 5.93. The van der Waals surface area contributed by atoms with Crippen LogP contribution in [0.25, 0.3) is 28.3 Å². The van der Waals surface area contributed by atoms with Gasteiger partial charge in [-0.25, -0.2) is 4.68 Å². The quantitative estimate of drug-likeness (QED) is 0.264. The summed E-state index contributed by atoms with van der Waals surface area (Å²) in [5.74, 6) is 1.05. The number of aryl methyl sites for hydroxylation is 1. The van der Waals surface area contributed by atoms with Gasteiger partial charge in [0.25, 0.3) is 5.91 Å². The summed E-state index contributed by atoms with van der Waals surface area (Å²) in [4.78, 5) is 12.9. The second-order valence-corrected chi connectivity index (χ2v) is 8.78. The van der Waals surface area contributed by atoms with Crippen molar-refractivity contribution in [3.8, 4) is 34.0 Å². The fourth-order valence-corrected chi connectivity index (χ4v) is 3.93. The number of carbonyl (C=O) groups is 1. The first-order valence-corrected chi connectivity index (χ1v) is 12.3. The molecule has 0 unspecified atom stereocenters.